The summed E-state index contributed by atoms with van der Waals surface area (Å²) in [5.74, 6) is -1.24. The number of hydrogen-bond donors (Lipinski definition) is 0. The summed E-state index contributed by atoms with van der Waals surface area (Å²) in [6, 6.07) is 3.90. The van der Waals surface area contributed by atoms with Gasteiger partial charge in [-0.2, -0.15) is 10.4 Å². The lowest BCUT2D eigenvalue weighted by molar-refractivity contribution is 0.153. The number of nitrogens with zero attached hydrogens (tertiary/aromatic N) is 4. The van der Waals surface area contributed by atoms with E-state index in [2.05, 4.69) is 5.10 Å². The summed E-state index contributed by atoms with van der Waals surface area (Å²) < 4.78 is 35.6. The SMILES string of the molecule is COC[C@@H]1CN(c2c(F)cc(C#N)cc2F)C[C@H]1c1cnn(C)c1. The van der Waals surface area contributed by atoms with E-state index in [1.165, 1.54) is 0 Å². The molecule has 1 aromatic heterocycles. The van der Waals surface area contributed by atoms with E-state index in [9.17, 15) is 8.78 Å². The zero-order chi connectivity index (χ0) is 17.3. The van der Waals surface area contributed by atoms with Crippen LogP contribution in [0, 0.1) is 28.9 Å². The molecule has 1 fully saturated rings. The van der Waals surface area contributed by atoms with E-state index in [0.717, 1.165) is 17.7 Å². The van der Waals surface area contributed by atoms with E-state index in [4.69, 9.17) is 10.00 Å². The molecule has 0 saturated carbocycles. The van der Waals surface area contributed by atoms with Crippen molar-refractivity contribution in [2.75, 3.05) is 31.7 Å². The third-order valence-corrected chi connectivity index (χ3v) is 4.44. The third-order valence-electron chi connectivity index (χ3n) is 4.44. The summed E-state index contributed by atoms with van der Waals surface area (Å²) in [6.45, 7) is 1.45. The normalized spacial score (nSPS) is 20.4. The minimum absolute atomic E-state index is 0.0230. The van der Waals surface area contributed by atoms with Gasteiger partial charge in [-0.3, -0.25) is 4.68 Å². The molecule has 1 aromatic carbocycles. The van der Waals surface area contributed by atoms with Gasteiger partial charge in [0.2, 0.25) is 0 Å². The zero-order valence-corrected chi connectivity index (χ0v) is 13.5. The van der Waals surface area contributed by atoms with Crippen molar-refractivity contribution >= 4 is 5.69 Å². The number of halogens is 2. The number of rotatable bonds is 4. The van der Waals surface area contributed by atoms with Gasteiger partial charge in [0.05, 0.1) is 24.4 Å². The molecule has 2 aromatic rings. The van der Waals surface area contributed by atoms with Gasteiger partial charge in [-0.15, -0.1) is 0 Å². The second kappa shape index (κ2) is 6.57. The summed E-state index contributed by atoms with van der Waals surface area (Å²) in [6.07, 6.45) is 3.70. The van der Waals surface area contributed by atoms with E-state index in [-0.39, 0.29) is 23.1 Å². The molecular formula is C17H18F2N4O. The topological polar surface area (TPSA) is 54.1 Å². The highest BCUT2D eigenvalue weighted by molar-refractivity contribution is 5.54. The van der Waals surface area contributed by atoms with E-state index in [1.807, 2.05) is 13.2 Å². The lowest BCUT2D eigenvalue weighted by Gasteiger charge is -2.20. The van der Waals surface area contributed by atoms with Crippen molar-refractivity contribution in [2.45, 2.75) is 5.92 Å². The van der Waals surface area contributed by atoms with Crippen molar-refractivity contribution < 1.29 is 13.5 Å². The highest BCUT2D eigenvalue weighted by Crippen LogP contribution is 2.37. The van der Waals surface area contributed by atoms with Gasteiger partial charge in [0.15, 0.2) is 11.6 Å². The summed E-state index contributed by atoms with van der Waals surface area (Å²) in [7, 11) is 3.45. The summed E-state index contributed by atoms with van der Waals surface area (Å²) in [5, 5.41) is 13.0. The van der Waals surface area contributed by atoms with E-state index < -0.39 is 11.6 Å². The van der Waals surface area contributed by atoms with Crippen molar-refractivity contribution in [1.82, 2.24) is 9.78 Å². The first-order valence-electron chi connectivity index (χ1n) is 7.65. The van der Waals surface area contributed by atoms with Gasteiger partial charge in [0.25, 0.3) is 0 Å². The van der Waals surface area contributed by atoms with Crippen molar-refractivity contribution in [3.63, 3.8) is 0 Å². The second-order valence-corrected chi connectivity index (χ2v) is 6.07. The lowest BCUT2D eigenvalue weighted by Crippen LogP contribution is -2.23. The molecule has 0 bridgehead atoms. The average Bonchev–Trinajstić information content (AvgIpc) is 3.13. The molecule has 0 spiro atoms. The van der Waals surface area contributed by atoms with Crippen LogP contribution >= 0.6 is 0 Å². The Morgan fingerprint density at radius 2 is 2.04 bits per heavy atom. The molecule has 0 amide bonds. The Bertz CT molecular complexity index is 760. The number of aryl methyl sites for hydroxylation is 1. The third kappa shape index (κ3) is 2.97. The molecule has 3 rings (SSSR count). The molecule has 2 heterocycles. The lowest BCUT2D eigenvalue weighted by atomic mass is 9.92. The van der Waals surface area contributed by atoms with Crippen molar-refractivity contribution in [3.05, 3.63) is 47.3 Å². The maximum Gasteiger partial charge on any atom is 0.150 e. The summed E-state index contributed by atoms with van der Waals surface area (Å²) in [5.41, 5.74) is 0.920. The number of nitriles is 1. The number of anilines is 1. The van der Waals surface area contributed by atoms with Crippen molar-refractivity contribution in [1.29, 1.82) is 5.26 Å². The Morgan fingerprint density at radius 1 is 1.33 bits per heavy atom. The molecule has 126 valence electrons. The van der Waals surface area contributed by atoms with Crippen LogP contribution in [-0.4, -0.2) is 36.6 Å². The number of hydrogen-bond acceptors (Lipinski definition) is 4. The van der Waals surface area contributed by atoms with E-state index in [1.54, 1.807) is 29.0 Å². The summed E-state index contributed by atoms with van der Waals surface area (Å²) in [4.78, 5) is 1.69. The fourth-order valence-corrected chi connectivity index (χ4v) is 3.38. The average molecular weight is 332 g/mol. The smallest absolute Gasteiger partial charge is 0.150 e. The monoisotopic (exact) mass is 332 g/mol. The van der Waals surface area contributed by atoms with Crippen molar-refractivity contribution in [3.8, 4) is 6.07 Å². The molecule has 1 saturated heterocycles. The van der Waals surface area contributed by atoms with Crippen LogP contribution in [0.25, 0.3) is 0 Å². The molecular weight excluding hydrogens is 314 g/mol. The number of aromatic nitrogens is 2. The zero-order valence-electron chi connectivity index (χ0n) is 13.5. The number of methoxy groups -OCH3 is 1. The largest absolute Gasteiger partial charge is 0.384 e. The van der Waals surface area contributed by atoms with Gasteiger partial charge >= 0.3 is 0 Å². The van der Waals surface area contributed by atoms with E-state index >= 15 is 0 Å². The Balaban J connectivity index is 1.92. The molecule has 1 aliphatic heterocycles. The van der Waals surface area contributed by atoms with Gasteiger partial charge in [-0.1, -0.05) is 0 Å². The van der Waals surface area contributed by atoms with Gasteiger partial charge in [0, 0.05) is 45.3 Å². The molecule has 7 heteroatoms. The first-order valence-corrected chi connectivity index (χ1v) is 7.65. The first-order chi connectivity index (χ1) is 11.5. The maximum atomic E-state index is 14.3. The quantitative estimate of drug-likeness (QED) is 0.863. The first kappa shape index (κ1) is 16.4. The Hall–Kier alpha value is -2.46. The minimum atomic E-state index is -0.713. The Labute approximate surface area is 139 Å². The molecule has 0 unspecified atom stereocenters. The predicted molar refractivity (Wildman–Crippen MR) is 84.6 cm³/mol. The van der Waals surface area contributed by atoms with Crippen LogP contribution in [0.3, 0.4) is 0 Å². The van der Waals surface area contributed by atoms with Crippen LogP contribution in [-0.2, 0) is 11.8 Å². The Kier molecular flexibility index (Phi) is 4.49. The predicted octanol–water partition coefficient (Wildman–Crippen LogP) is 2.44. The second-order valence-electron chi connectivity index (χ2n) is 6.07. The van der Waals surface area contributed by atoms with Crippen LogP contribution < -0.4 is 4.90 Å². The fourth-order valence-electron chi connectivity index (χ4n) is 3.38. The molecule has 2 atom stereocenters. The highest BCUT2D eigenvalue weighted by atomic mass is 19.1. The number of ether oxygens (including phenoxy) is 1. The molecule has 1 aliphatic rings. The molecule has 0 aliphatic carbocycles. The molecule has 0 radical (unpaired) electrons. The van der Waals surface area contributed by atoms with Crippen LogP contribution in [0.2, 0.25) is 0 Å². The Morgan fingerprint density at radius 3 is 2.58 bits per heavy atom. The van der Waals surface area contributed by atoms with Crippen LogP contribution in [0.15, 0.2) is 24.5 Å². The molecule has 24 heavy (non-hydrogen) atoms. The van der Waals surface area contributed by atoms with Crippen LogP contribution in [0.1, 0.15) is 17.0 Å². The summed E-state index contributed by atoms with van der Waals surface area (Å²) >= 11 is 0. The van der Waals surface area contributed by atoms with Gasteiger partial charge in [-0.05, 0) is 17.7 Å². The fraction of sp³-hybridized carbons (Fsp3) is 0.412. The molecule has 0 N–H and O–H groups in total. The highest BCUT2D eigenvalue weighted by Gasteiger charge is 2.36. The van der Waals surface area contributed by atoms with E-state index in [0.29, 0.717) is 19.7 Å². The van der Waals surface area contributed by atoms with Crippen LogP contribution in [0.5, 0.6) is 0 Å². The maximum absolute atomic E-state index is 14.3. The van der Waals surface area contributed by atoms with Gasteiger partial charge < -0.3 is 9.64 Å². The minimum Gasteiger partial charge on any atom is -0.384 e. The van der Waals surface area contributed by atoms with Crippen molar-refractivity contribution in [2.24, 2.45) is 13.0 Å². The van der Waals surface area contributed by atoms with Gasteiger partial charge in [-0.25, -0.2) is 8.78 Å². The number of benzene rings is 1. The standard InChI is InChI=1S/C17H18F2N4O/c1-22-7-12(6-21-22)14-9-23(8-13(14)10-24-2)17-15(18)3-11(5-20)4-16(17)19/h3-4,6-7,13-14H,8-10H2,1-2H3/t13-,14-/m0/s1. The molecule has 5 nitrogen and oxygen atoms in total. The van der Waals surface area contributed by atoms with Gasteiger partial charge in [0.1, 0.15) is 5.69 Å². The van der Waals surface area contributed by atoms with Crippen LogP contribution in [0.4, 0.5) is 14.5 Å².